The highest BCUT2D eigenvalue weighted by Gasteiger charge is 2.42. The molecule has 0 saturated heterocycles. The molecule has 5 nitrogen and oxygen atoms in total. The zero-order chi connectivity index (χ0) is 19.7. The number of thiol groups is 1. The molecule has 2 amide bonds. The standard InChI is InChI=1S/C21H32N2O3S/c1-3-13-26-17-9-11-21(15-27,12-10-17)20(25)23-18(19(24)22-2)14-16-7-5-4-6-8-16/h4-8,17-18,27H,3,9-15H2,1-2H3,(H,22,24)(H,23,25)/t17?,18-,21?/m0/s1. The van der Waals surface area contributed by atoms with Crippen LogP contribution >= 0.6 is 12.6 Å². The smallest absolute Gasteiger partial charge is 0.242 e. The molecule has 1 aromatic carbocycles. The van der Waals surface area contributed by atoms with E-state index >= 15 is 0 Å². The molecule has 1 aromatic rings. The molecule has 0 heterocycles. The van der Waals surface area contributed by atoms with Gasteiger partial charge in [-0.2, -0.15) is 12.6 Å². The van der Waals surface area contributed by atoms with Crippen LogP contribution in [0.25, 0.3) is 0 Å². The van der Waals surface area contributed by atoms with Crippen molar-refractivity contribution in [3.05, 3.63) is 35.9 Å². The minimum Gasteiger partial charge on any atom is -0.378 e. The first-order valence-corrected chi connectivity index (χ1v) is 10.5. The Balaban J connectivity index is 2.03. The number of carbonyl (C=O) groups excluding carboxylic acids is 2. The summed E-state index contributed by atoms with van der Waals surface area (Å²) in [5, 5.41) is 5.66. The van der Waals surface area contributed by atoms with Gasteiger partial charge in [-0.1, -0.05) is 37.3 Å². The highest BCUT2D eigenvalue weighted by Crippen LogP contribution is 2.39. The number of ether oxygens (including phenoxy) is 1. The van der Waals surface area contributed by atoms with Gasteiger partial charge in [-0.3, -0.25) is 9.59 Å². The number of hydrogen-bond donors (Lipinski definition) is 3. The first-order valence-electron chi connectivity index (χ1n) is 9.83. The van der Waals surface area contributed by atoms with Gasteiger partial charge in [0.15, 0.2) is 0 Å². The number of carbonyl (C=O) groups is 2. The zero-order valence-corrected chi connectivity index (χ0v) is 17.3. The number of benzene rings is 1. The molecule has 0 unspecified atom stereocenters. The van der Waals surface area contributed by atoms with Crippen molar-refractivity contribution in [2.75, 3.05) is 19.4 Å². The number of amides is 2. The Hall–Kier alpha value is -1.53. The maximum atomic E-state index is 13.1. The Bertz CT molecular complexity index is 601. The van der Waals surface area contributed by atoms with Crippen LogP contribution in [-0.2, 0) is 20.7 Å². The molecule has 0 spiro atoms. The van der Waals surface area contributed by atoms with Gasteiger partial charge in [0.2, 0.25) is 11.8 Å². The second-order valence-corrected chi connectivity index (χ2v) is 7.65. The van der Waals surface area contributed by atoms with Gasteiger partial charge in [0, 0.05) is 25.8 Å². The Labute approximate surface area is 168 Å². The van der Waals surface area contributed by atoms with Crippen LogP contribution in [0.15, 0.2) is 30.3 Å². The average molecular weight is 393 g/mol. The SMILES string of the molecule is CCCOC1CCC(CS)(C(=O)N[C@@H](Cc2ccccc2)C(=O)NC)CC1. The van der Waals surface area contributed by atoms with E-state index in [2.05, 4.69) is 30.2 Å². The fourth-order valence-corrected chi connectivity index (χ4v) is 4.06. The highest BCUT2D eigenvalue weighted by atomic mass is 32.1. The Morgan fingerprint density at radius 1 is 1.26 bits per heavy atom. The Morgan fingerprint density at radius 3 is 2.48 bits per heavy atom. The van der Waals surface area contributed by atoms with Crippen molar-refractivity contribution in [2.45, 2.75) is 57.6 Å². The summed E-state index contributed by atoms with van der Waals surface area (Å²) >= 11 is 4.48. The van der Waals surface area contributed by atoms with Crippen LogP contribution in [0.3, 0.4) is 0 Å². The molecule has 0 aliphatic heterocycles. The van der Waals surface area contributed by atoms with Gasteiger partial charge in [0.25, 0.3) is 0 Å². The van der Waals surface area contributed by atoms with Gasteiger partial charge in [0.05, 0.1) is 11.5 Å². The number of likely N-dealkylation sites (N-methyl/N-ethyl adjacent to an activating group) is 1. The van der Waals surface area contributed by atoms with Crippen molar-refractivity contribution in [2.24, 2.45) is 5.41 Å². The molecule has 6 heteroatoms. The summed E-state index contributed by atoms with van der Waals surface area (Å²) in [7, 11) is 1.59. The first-order chi connectivity index (χ1) is 13.0. The Kier molecular flexibility index (Phi) is 8.64. The van der Waals surface area contributed by atoms with E-state index in [0.29, 0.717) is 12.2 Å². The summed E-state index contributed by atoms with van der Waals surface area (Å²) in [5.41, 5.74) is 0.487. The van der Waals surface area contributed by atoms with Gasteiger partial charge >= 0.3 is 0 Å². The van der Waals surface area contributed by atoms with Crippen LogP contribution in [0.1, 0.15) is 44.6 Å². The minimum absolute atomic E-state index is 0.0732. The lowest BCUT2D eigenvalue weighted by molar-refractivity contribution is -0.137. The predicted octanol–water partition coefficient (Wildman–Crippen LogP) is 2.75. The third-order valence-electron chi connectivity index (χ3n) is 5.38. The second-order valence-electron chi connectivity index (χ2n) is 7.34. The Morgan fingerprint density at radius 2 is 1.93 bits per heavy atom. The number of nitrogens with one attached hydrogen (secondary N) is 2. The van der Waals surface area contributed by atoms with E-state index in [1.165, 1.54) is 0 Å². The zero-order valence-electron chi connectivity index (χ0n) is 16.4. The summed E-state index contributed by atoms with van der Waals surface area (Å²) in [4.78, 5) is 25.4. The summed E-state index contributed by atoms with van der Waals surface area (Å²) in [5.74, 6) is 0.225. The summed E-state index contributed by atoms with van der Waals surface area (Å²) in [6.45, 7) is 2.86. The van der Waals surface area contributed by atoms with Crippen LogP contribution in [0, 0.1) is 5.41 Å². The predicted molar refractivity (Wildman–Crippen MR) is 111 cm³/mol. The lowest BCUT2D eigenvalue weighted by Crippen LogP contribution is -2.53. The average Bonchev–Trinajstić information content (AvgIpc) is 2.72. The van der Waals surface area contributed by atoms with Gasteiger partial charge in [-0.05, 0) is 37.7 Å². The van der Waals surface area contributed by atoms with Crippen molar-refractivity contribution in [1.29, 1.82) is 0 Å². The van der Waals surface area contributed by atoms with Crippen LogP contribution in [-0.4, -0.2) is 43.4 Å². The van der Waals surface area contributed by atoms with E-state index in [0.717, 1.165) is 44.3 Å². The fourth-order valence-electron chi connectivity index (χ4n) is 3.60. The summed E-state index contributed by atoms with van der Waals surface area (Å²) in [6.07, 6.45) is 4.89. The third kappa shape index (κ3) is 5.98. The lowest BCUT2D eigenvalue weighted by atomic mass is 9.73. The molecule has 0 bridgehead atoms. The largest absolute Gasteiger partial charge is 0.378 e. The molecule has 1 saturated carbocycles. The van der Waals surface area contributed by atoms with E-state index in [9.17, 15) is 9.59 Å². The summed E-state index contributed by atoms with van der Waals surface area (Å²) in [6, 6.07) is 9.15. The van der Waals surface area contributed by atoms with Crippen LogP contribution < -0.4 is 10.6 Å². The highest BCUT2D eigenvalue weighted by molar-refractivity contribution is 7.80. The molecule has 1 aliphatic carbocycles. The topological polar surface area (TPSA) is 67.4 Å². The summed E-state index contributed by atoms with van der Waals surface area (Å²) < 4.78 is 5.84. The van der Waals surface area contributed by atoms with Crippen LogP contribution in [0.4, 0.5) is 0 Å². The molecular weight excluding hydrogens is 360 g/mol. The van der Waals surface area contributed by atoms with E-state index in [1.54, 1.807) is 7.05 Å². The van der Waals surface area contributed by atoms with E-state index in [1.807, 2.05) is 30.3 Å². The maximum Gasteiger partial charge on any atom is 0.242 e. The maximum absolute atomic E-state index is 13.1. The van der Waals surface area contributed by atoms with E-state index in [-0.39, 0.29) is 17.9 Å². The normalized spacial score (nSPS) is 23.4. The molecule has 0 aromatic heterocycles. The molecule has 2 N–H and O–H groups in total. The lowest BCUT2D eigenvalue weighted by Gasteiger charge is -2.38. The molecule has 0 radical (unpaired) electrons. The number of hydrogen-bond acceptors (Lipinski definition) is 4. The van der Waals surface area contributed by atoms with Crippen molar-refractivity contribution in [3.8, 4) is 0 Å². The van der Waals surface area contributed by atoms with Crippen LogP contribution in [0.2, 0.25) is 0 Å². The second kappa shape index (κ2) is 10.7. The molecule has 1 atom stereocenters. The van der Waals surface area contributed by atoms with Gasteiger partial charge < -0.3 is 15.4 Å². The third-order valence-corrected chi connectivity index (χ3v) is 5.99. The van der Waals surface area contributed by atoms with E-state index < -0.39 is 11.5 Å². The van der Waals surface area contributed by atoms with Crippen molar-refractivity contribution < 1.29 is 14.3 Å². The molecule has 1 fully saturated rings. The van der Waals surface area contributed by atoms with Crippen molar-refractivity contribution >= 4 is 24.4 Å². The minimum atomic E-state index is -0.587. The molecular formula is C21H32N2O3S. The molecule has 150 valence electrons. The van der Waals surface area contributed by atoms with Crippen LogP contribution in [0.5, 0.6) is 0 Å². The van der Waals surface area contributed by atoms with Crippen molar-refractivity contribution in [1.82, 2.24) is 10.6 Å². The van der Waals surface area contributed by atoms with Gasteiger partial charge in [-0.15, -0.1) is 0 Å². The first kappa shape index (κ1) is 21.8. The molecule has 1 aliphatic rings. The number of rotatable bonds is 9. The van der Waals surface area contributed by atoms with Gasteiger partial charge in [0.1, 0.15) is 6.04 Å². The molecule has 2 rings (SSSR count). The fraction of sp³-hybridized carbons (Fsp3) is 0.619. The molecule has 27 heavy (non-hydrogen) atoms. The van der Waals surface area contributed by atoms with E-state index in [4.69, 9.17) is 4.74 Å². The quantitative estimate of drug-likeness (QED) is 0.566. The van der Waals surface area contributed by atoms with Crippen molar-refractivity contribution in [3.63, 3.8) is 0 Å². The monoisotopic (exact) mass is 392 g/mol. The van der Waals surface area contributed by atoms with Gasteiger partial charge in [-0.25, -0.2) is 0 Å².